The van der Waals surface area contributed by atoms with Crippen LogP contribution in [0.3, 0.4) is 0 Å². The van der Waals surface area contributed by atoms with Crippen molar-refractivity contribution in [1.29, 1.82) is 0 Å². The molecule has 2 fully saturated rings. The maximum atomic E-state index is 12.6. The Balaban J connectivity index is 1.64. The number of hydrogen-bond donors (Lipinski definition) is 1. The Morgan fingerprint density at radius 1 is 1.24 bits per heavy atom. The minimum Gasteiger partial charge on any atom is -0.345 e. The van der Waals surface area contributed by atoms with Crippen molar-refractivity contribution in [2.24, 2.45) is 7.05 Å². The first-order chi connectivity index (χ1) is 12.1. The van der Waals surface area contributed by atoms with E-state index in [1.807, 2.05) is 18.0 Å². The first-order valence-electron chi connectivity index (χ1n) is 8.51. The second-order valence-corrected chi connectivity index (χ2v) is 6.57. The minimum absolute atomic E-state index is 0.152. The molecule has 25 heavy (non-hydrogen) atoms. The second kappa shape index (κ2) is 6.27. The van der Waals surface area contributed by atoms with Gasteiger partial charge in [-0.15, -0.1) is 0 Å². The molecule has 1 aliphatic carbocycles. The van der Waals surface area contributed by atoms with Crippen LogP contribution in [-0.2, 0) is 11.8 Å². The van der Waals surface area contributed by atoms with Crippen LogP contribution in [0.25, 0.3) is 0 Å². The average molecular weight is 340 g/mol. The van der Waals surface area contributed by atoms with Gasteiger partial charge in [0.25, 0.3) is 5.91 Å². The largest absolute Gasteiger partial charge is 0.345 e. The number of piperidine rings is 1. The molecule has 3 heterocycles. The molecule has 130 valence electrons. The van der Waals surface area contributed by atoms with E-state index in [1.54, 1.807) is 10.9 Å². The lowest BCUT2D eigenvalue weighted by Gasteiger charge is -2.41. The second-order valence-electron chi connectivity index (χ2n) is 6.57. The fourth-order valence-corrected chi connectivity index (χ4v) is 3.53. The highest BCUT2D eigenvalue weighted by atomic mass is 16.2. The van der Waals surface area contributed by atoms with E-state index in [4.69, 9.17) is 0 Å². The van der Waals surface area contributed by atoms with Crippen LogP contribution in [0.5, 0.6) is 0 Å². The summed E-state index contributed by atoms with van der Waals surface area (Å²) in [5.41, 5.74) is 1.21. The number of carbonyl (C=O) groups excluding carboxylic acids is 2. The molecule has 1 aliphatic heterocycles. The topological polar surface area (TPSA) is 93.0 Å². The van der Waals surface area contributed by atoms with Gasteiger partial charge in [-0.2, -0.15) is 5.10 Å². The van der Waals surface area contributed by atoms with E-state index in [0.717, 1.165) is 18.5 Å². The van der Waals surface area contributed by atoms with Gasteiger partial charge in [0.2, 0.25) is 5.91 Å². The van der Waals surface area contributed by atoms with Gasteiger partial charge in [0, 0.05) is 38.1 Å². The molecule has 2 aliphatic rings. The Morgan fingerprint density at radius 2 is 2.08 bits per heavy atom. The molecule has 1 saturated carbocycles. The quantitative estimate of drug-likeness (QED) is 0.890. The van der Waals surface area contributed by atoms with Crippen molar-refractivity contribution in [2.45, 2.75) is 43.8 Å². The van der Waals surface area contributed by atoms with Crippen LogP contribution in [0, 0.1) is 0 Å². The summed E-state index contributed by atoms with van der Waals surface area (Å²) in [6, 6.07) is 1.80. The molecular formula is C17H20N6O2. The van der Waals surface area contributed by atoms with Crippen LogP contribution in [0.4, 0.5) is 0 Å². The van der Waals surface area contributed by atoms with Crippen LogP contribution in [-0.4, -0.2) is 48.5 Å². The van der Waals surface area contributed by atoms with Gasteiger partial charge in [-0.1, -0.05) is 0 Å². The summed E-state index contributed by atoms with van der Waals surface area (Å²) in [5, 5.41) is 7.30. The van der Waals surface area contributed by atoms with Crippen LogP contribution in [0.15, 0.2) is 30.9 Å². The maximum Gasteiger partial charge on any atom is 0.271 e. The molecule has 8 heteroatoms. The molecule has 0 radical (unpaired) electrons. The van der Waals surface area contributed by atoms with E-state index in [1.165, 1.54) is 18.6 Å². The summed E-state index contributed by atoms with van der Waals surface area (Å²) in [6.07, 6.45) is 9.27. The lowest BCUT2D eigenvalue weighted by Crippen LogP contribution is -2.53. The van der Waals surface area contributed by atoms with Gasteiger partial charge < -0.3 is 10.2 Å². The number of nitrogens with zero attached hydrogens (tertiary/aromatic N) is 5. The zero-order chi connectivity index (χ0) is 17.4. The standard InChI is InChI=1S/C17H20N6O2/c1-22-14(6-7-20-22)16-12(4-5-15(24)23(16)11-2-3-11)21-17(25)13-10-18-8-9-19-13/h6-12,16H,2-5H2,1H3,(H,21,25)/t12-,16-/m1/s1. The lowest BCUT2D eigenvalue weighted by atomic mass is 9.92. The first-order valence-corrected chi connectivity index (χ1v) is 8.51. The van der Waals surface area contributed by atoms with Gasteiger partial charge in [-0.3, -0.25) is 19.3 Å². The Bertz CT molecular complexity index is 785. The summed E-state index contributed by atoms with van der Waals surface area (Å²) >= 11 is 0. The van der Waals surface area contributed by atoms with E-state index in [0.29, 0.717) is 12.8 Å². The number of aryl methyl sites for hydroxylation is 1. The third-order valence-electron chi connectivity index (χ3n) is 4.85. The zero-order valence-electron chi connectivity index (χ0n) is 14.0. The molecule has 1 saturated heterocycles. The number of amides is 2. The van der Waals surface area contributed by atoms with Gasteiger partial charge in [-0.25, -0.2) is 4.98 Å². The maximum absolute atomic E-state index is 12.6. The van der Waals surface area contributed by atoms with Gasteiger partial charge >= 0.3 is 0 Å². The van der Waals surface area contributed by atoms with E-state index in [2.05, 4.69) is 20.4 Å². The third kappa shape index (κ3) is 2.99. The summed E-state index contributed by atoms with van der Waals surface area (Å²) < 4.78 is 1.78. The molecule has 0 unspecified atom stereocenters. The van der Waals surface area contributed by atoms with Gasteiger partial charge in [0.1, 0.15) is 5.69 Å². The molecule has 2 amide bonds. The normalized spacial score (nSPS) is 23.6. The molecule has 1 N–H and O–H groups in total. The number of aromatic nitrogens is 4. The van der Waals surface area contributed by atoms with E-state index in [9.17, 15) is 9.59 Å². The van der Waals surface area contributed by atoms with Crippen molar-refractivity contribution in [3.8, 4) is 0 Å². The lowest BCUT2D eigenvalue weighted by molar-refractivity contribution is -0.138. The van der Waals surface area contributed by atoms with Crippen LogP contribution in [0.1, 0.15) is 47.9 Å². The van der Waals surface area contributed by atoms with E-state index < -0.39 is 0 Å². The van der Waals surface area contributed by atoms with Crippen molar-refractivity contribution < 1.29 is 9.59 Å². The number of carbonyl (C=O) groups is 2. The zero-order valence-corrected chi connectivity index (χ0v) is 14.0. The highest BCUT2D eigenvalue weighted by Gasteiger charge is 2.45. The average Bonchev–Trinajstić information content (AvgIpc) is 3.38. The minimum atomic E-state index is -0.268. The van der Waals surface area contributed by atoms with E-state index >= 15 is 0 Å². The Hall–Kier alpha value is -2.77. The van der Waals surface area contributed by atoms with E-state index in [-0.39, 0.29) is 35.6 Å². The Labute approximate surface area is 145 Å². The number of likely N-dealkylation sites (tertiary alicyclic amines) is 1. The summed E-state index contributed by atoms with van der Waals surface area (Å²) in [5.74, 6) is -0.117. The van der Waals surface area contributed by atoms with Gasteiger partial charge in [0.05, 0.1) is 24.0 Å². The van der Waals surface area contributed by atoms with Crippen LogP contribution >= 0.6 is 0 Å². The highest BCUT2D eigenvalue weighted by molar-refractivity contribution is 5.92. The fourth-order valence-electron chi connectivity index (χ4n) is 3.53. The number of rotatable bonds is 4. The number of nitrogens with one attached hydrogen (secondary N) is 1. The van der Waals surface area contributed by atoms with Crippen molar-refractivity contribution in [3.05, 3.63) is 42.2 Å². The molecule has 4 rings (SSSR count). The molecule has 0 spiro atoms. The predicted molar refractivity (Wildman–Crippen MR) is 88.3 cm³/mol. The van der Waals surface area contributed by atoms with Crippen molar-refractivity contribution >= 4 is 11.8 Å². The first kappa shape index (κ1) is 15.7. The molecule has 0 bridgehead atoms. The molecule has 2 atom stereocenters. The Morgan fingerprint density at radius 3 is 2.72 bits per heavy atom. The van der Waals surface area contributed by atoms with Crippen molar-refractivity contribution in [2.75, 3.05) is 0 Å². The smallest absolute Gasteiger partial charge is 0.271 e. The van der Waals surface area contributed by atoms with Crippen LogP contribution in [0.2, 0.25) is 0 Å². The molecular weight excluding hydrogens is 320 g/mol. The van der Waals surface area contributed by atoms with Gasteiger partial charge in [0.15, 0.2) is 0 Å². The van der Waals surface area contributed by atoms with Crippen LogP contribution < -0.4 is 5.32 Å². The molecule has 2 aromatic rings. The molecule has 8 nitrogen and oxygen atoms in total. The highest BCUT2D eigenvalue weighted by Crippen LogP contribution is 2.40. The predicted octanol–water partition coefficient (Wildman–Crippen LogP) is 0.835. The fraction of sp³-hybridized carbons (Fsp3) is 0.471. The number of hydrogen-bond acceptors (Lipinski definition) is 5. The SMILES string of the molecule is Cn1nccc1[C@H]1[C@H](NC(=O)c2cnccn2)CCC(=O)N1C1CC1. The summed E-state index contributed by atoms with van der Waals surface area (Å²) in [7, 11) is 1.86. The summed E-state index contributed by atoms with van der Waals surface area (Å²) in [6.45, 7) is 0. The molecule has 2 aromatic heterocycles. The van der Waals surface area contributed by atoms with Crippen molar-refractivity contribution in [1.82, 2.24) is 30.0 Å². The summed E-state index contributed by atoms with van der Waals surface area (Å²) in [4.78, 5) is 35.1. The third-order valence-corrected chi connectivity index (χ3v) is 4.85. The monoisotopic (exact) mass is 340 g/mol. The van der Waals surface area contributed by atoms with Crippen molar-refractivity contribution in [3.63, 3.8) is 0 Å². The Kier molecular flexibility index (Phi) is 3.95. The molecule has 0 aromatic carbocycles. The van der Waals surface area contributed by atoms with Gasteiger partial charge in [-0.05, 0) is 25.3 Å².